The highest BCUT2D eigenvalue weighted by Crippen LogP contribution is 2.28. The molecule has 14 heavy (non-hydrogen) atoms. The van der Waals surface area contributed by atoms with Gasteiger partial charge in [0, 0.05) is 6.04 Å². The first-order valence-corrected chi connectivity index (χ1v) is 6.09. The van der Waals surface area contributed by atoms with Gasteiger partial charge in [0.1, 0.15) is 0 Å². The molecular formula is C12H26N2. The van der Waals surface area contributed by atoms with Crippen LogP contribution in [-0.2, 0) is 0 Å². The van der Waals surface area contributed by atoms with E-state index in [1.54, 1.807) is 0 Å². The van der Waals surface area contributed by atoms with Crippen molar-refractivity contribution in [3.63, 3.8) is 0 Å². The largest absolute Gasteiger partial charge is 0.328 e. The molecule has 0 spiro atoms. The normalized spacial score (nSPS) is 31.7. The Balaban J connectivity index is 2.35. The van der Waals surface area contributed by atoms with Gasteiger partial charge >= 0.3 is 0 Å². The summed E-state index contributed by atoms with van der Waals surface area (Å²) in [7, 11) is 0. The van der Waals surface area contributed by atoms with Crippen molar-refractivity contribution in [3.05, 3.63) is 0 Å². The third-order valence-electron chi connectivity index (χ3n) is 3.56. The fraction of sp³-hybridized carbons (Fsp3) is 1.00. The van der Waals surface area contributed by atoms with E-state index in [-0.39, 0.29) is 0 Å². The van der Waals surface area contributed by atoms with Crippen molar-refractivity contribution >= 4 is 0 Å². The van der Waals surface area contributed by atoms with E-state index in [4.69, 9.17) is 5.73 Å². The van der Waals surface area contributed by atoms with Crippen LogP contribution in [0.5, 0.6) is 0 Å². The second kappa shape index (κ2) is 5.72. The fourth-order valence-corrected chi connectivity index (χ4v) is 2.50. The lowest BCUT2D eigenvalue weighted by Crippen LogP contribution is -2.24. The molecule has 0 aromatic carbocycles. The maximum atomic E-state index is 5.87. The molecule has 2 heteroatoms. The summed E-state index contributed by atoms with van der Waals surface area (Å²) in [5.41, 5.74) is 5.87. The van der Waals surface area contributed by atoms with Gasteiger partial charge in [-0.05, 0) is 50.6 Å². The smallest absolute Gasteiger partial charge is 0.00137 e. The quantitative estimate of drug-likeness (QED) is 0.709. The Labute approximate surface area is 88.6 Å². The summed E-state index contributed by atoms with van der Waals surface area (Å²) in [6.45, 7) is 9.16. The van der Waals surface area contributed by atoms with E-state index in [1.807, 2.05) is 0 Å². The van der Waals surface area contributed by atoms with Crippen LogP contribution in [0.2, 0.25) is 0 Å². The van der Waals surface area contributed by atoms with Gasteiger partial charge in [-0.15, -0.1) is 0 Å². The predicted octanol–water partition coefficient (Wildman–Crippen LogP) is 2.00. The van der Waals surface area contributed by atoms with Crippen LogP contribution in [0.25, 0.3) is 0 Å². The van der Waals surface area contributed by atoms with Crippen LogP contribution in [0.15, 0.2) is 0 Å². The molecule has 0 aliphatic carbocycles. The Kier molecular flexibility index (Phi) is 4.90. The van der Waals surface area contributed by atoms with Crippen LogP contribution < -0.4 is 11.1 Å². The summed E-state index contributed by atoms with van der Waals surface area (Å²) < 4.78 is 0. The van der Waals surface area contributed by atoms with Gasteiger partial charge in [-0.3, -0.25) is 0 Å². The minimum Gasteiger partial charge on any atom is -0.328 e. The standard InChI is InChI=1S/C12H26N2/c1-4-9(2)5-11-7-14-8-12(11)6-10(3)13/h9-12,14H,4-8,13H2,1-3H3. The highest BCUT2D eigenvalue weighted by molar-refractivity contribution is 4.83. The zero-order chi connectivity index (χ0) is 10.6. The number of rotatable bonds is 5. The van der Waals surface area contributed by atoms with Crippen molar-refractivity contribution in [2.45, 2.75) is 46.1 Å². The van der Waals surface area contributed by atoms with Crippen LogP contribution in [-0.4, -0.2) is 19.1 Å². The topological polar surface area (TPSA) is 38.0 Å². The van der Waals surface area contributed by atoms with Gasteiger partial charge < -0.3 is 11.1 Å². The lowest BCUT2D eigenvalue weighted by atomic mass is 9.83. The third kappa shape index (κ3) is 3.58. The molecule has 0 saturated carbocycles. The second-order valence-corrected chi connectivity index (χ2v) is 5.14. The molecule has 0 amide bonds. The molecule has 0 bridgehead atoms. The van der Waals surface area contributed by atoms with Crippen molar-refractivity contribution in [3.8, 4) is 0 Å². The van der Waals surface area contributed by atoms with E-state index < -0.39 is 0 Å². The van der Waals surface area contributed by atoms with Gasteiger partial charge in [-0.1, -0.05) is 20.3 Å². The van der Waals surface area contributed by atoms with Gasteiger partial charge in [0.2, 0.25) is 0 Å². The Morgan fingerprint density at radius 3 is 2.29 bits per heavy atom. The van der Waals surface area contributed by atoms with Crippen LogP contribution in [0.4, 0.5) is 0 Å². The van der Waals surface area contributed by atoms with Crippen LogP contribution >= 0.6 is 0 Å². The van der Waals surface area contributed by atoms with Gasteiger partial charge in [-0.25, -0.2) is 0 Å². The molecule has 1 fully saturated rings. The van der Waals surface area contributed by atoms with E-state index in [9.17, 15) is 0 Å². The first-order valence-electron chi connectivity index (χ1n) is 6.09. The number of nitrogens with two attached hydrogens (primary N) is 1. The molecular weight excluding hydrogens is 172 g/mol. The fourth-order valence-electron chi connectivity index (χ4n) is 2.50. The van der Waals surface area contributed by atoms with E-state index in [0.717, 1.165) is 17.8 Å². The summed E-state index contributed by atoms with van der Waals surface area (Å²) in [5, 5.41) is 3.50. The molecule has 0 radical (unpaired) electrons. The first kappa shape index (κ1) is 12.0. The second-order valence-electron chi connectivity index (χ2n) is 5.14. The zero-order valence-corrected chi connectivity index (χ0v) is 9.92. The minimum absolute atomic E-state index is 0.360. The molecule has 1 rings (SSSR count). The molecule has 4 unspecified atom stereocenters. The van der Waals surface area contributed by atoms with Crippen LogP contribution in [0, 0.1) is 17.8 Å². The molecule has 1 saturated heterocycles. The maximum Gasteiger partial charge on any atom is 0.00137 e. The molecule has 3 N–H and O–H groups in total. The summed E-state index contributed by atoms with van der Waals surface area (Å²) >= 11 is 0. The number of hydrogen-bond acceptors (Lipinski definition) is 2. The monoisotopic (exact) mass is 198 g/mol. The molecule has 1 heterocycles. The summed E-state index contributed by atoms with van der Waals surface area (Å²) in [4.78, 5) is 0. The van der Waals surface area contributed by atoms with Crippen molar-refractivity contribution in [2.24, 2.45) is 23.5 Å². The molecule has 1 aliphatic rings. The first-order chi connectivity index (χ1) is 6.63. The molecule has 0 aromatic heterocycles. The molecule has 1 aliphatic heterocycles. The molecule has 2 nitrogen and oxygen atoms in total. The van der Waals surface area contributed by atoms with Crippen molar-refractivity contribution in [1.29, 1.82) is 0 Å². The predicted molar refractivity (Wildman–Crippen MR) is 62.2 cm³/mol. The maximum absolute atomic E-state index is 5.87. The molecule has 4 atom stereocenters. The molecule has 0 aromatic rings. The molecule has 84 valence electrons. The Bertz CT molecular complexity index is 156. The average Bonchev–Trinajstić information content (AvgIpc) is 2.52. The lowest BCUT2D eigenvalue weighted by Gasteiger charge is -2.22. The van der Waals surface area contributed by atoms with Gasteiger partial charge in [-0.2, -0.15) is 0 Å². The van der Waals surface area contributed by atoms with E-state index >= 15 is 0 Å². The van der Waals surface area contributed by atoms with E-state index in [0.29, 0.717) is 6.04 Å². The van der Waals surface area contributed by atoms with Crippen LogP contribution in [0.3, 0.4) is 0 Å². The van der Waals surface area contributed by atoms with Crippen molar-refractivity contribution in [1.82, 2.24) is 5.32 Å². The Morgan fingerprint density at radius 1 is 1.21 bits per heavy atom. The van der Waals surface area contributed by atoms with Gasteiger partial charge in [0.15, 0.2) is 0 Å². The average molecular weight is 198 g/mol. The lowest BCUT2D eigenvalue weighted by molar-refractivity contribution is 0.306. The highest BCUT2D eigenvalue weighted by atomic mass is 14.9. The minimum atomic E-state index is 0.360. The number of nitrogens with one attached hydrogen (secondary N) is 1. The Morgan fingerprint density at radius 2 is 1.79 bits per heavy atom. The number of hydrogen-bond donors (Lipinski definition) is 2. The SMILES string of the molecule is CCC(C)CC1CNCC1CC(C)N. The van der Waals surface area contributed by atoms with Crippen molar-refractivity contribution in [2.75, 3.05) is 13.1 Å². The highest BCUT2D eigenvalue weighted by Gasteiger charge is 2.28. The van der Waals surface area contributed by atoms with Gasteiger partial charge in [0.05, 0.1) is 0 Å². The Hall–Kier alpha value is -0.0800. The summed E-state index contributed by atoms with van der Waals surface area (Å²) in [6.07, 6.45) is 3.87. The van der Waals surface area contributed by atoms with E-state index in [2.05, 4.69) is 26.1 Å². The summed E-state index contributed by atoms with van der Waals surface area (Å²) in [6, 6.07) is 0.360. The van der Waals surface area contributed by atoms with Crippen molar-refractivity contribution < 1.29 is 0 Å². The van der Waals surface area contributed by atoms with Crippen LogP contribution in [0.1, 0.15) is 40.0 Å². The van der Waals surface area contributed by atoms with Gasteiger partial charge in [0.25, 0.3) is 0 Å². The van der Waals surface area contributed by atoms with E-state index in [1.165, 1.54) is 32.4 Å². The summed E-state index contributed by atoms with van der Waals surface area (Å²) in [5.74, 6) is 2.57. The third-order valence-corrected chi connectivity index (χ3v) is 3.56. The zero-order valence-electron chi connectivity index (χ0n) is 9.92.